The molecule has 0 unspecified atom stereocenters. The highest BCUT2D eigenvalue weighted by Crippen LogP contribution is 2.51. The molecule has 5 aliphatic carbocycles. The minimum absolute atomic E-state index is 0. The van der Waals surface area contributed by atoms with Gasteiger partial charge in [-0.25, -0.2) is 0 Å². The second-order valence-electron chi connectivity index (χ2n) is 13.4. The van der Waals surface area contributed by atoms with Gasteiger partial charge < -0.3 is 4.90 Å². The van der Waals surface area contributed by atoms with Gasteiger partial charge in [0, 0.05) is 61.8 Å². The van der Waals surface area contributed by atoms with Crippen LogP contribution in [0.1, 0.15) is 99.3 Å². The molecule has 0 atom stereocenters. The van der Waals surface area contributed by atoms with Crippen molar-refractivity contribution in [1.29, 1.82) is 10.5 Å². The summed E-state index contributed by atoms with van der Waals surface area (Å²) in [5, 5.41) is 18.4. The van der Waals surface area contributed by atoms with E-state index in [1.807, 2.05) is 12.1 Å². The number of carbonyl (C=O) groups is 2. The fourth-order valence-corrected chi connectivity index (χ4v) is 8.11. The van der Waals surface area contributed by atoms with Gasteiger partial charge in [-0.1, -0.05) is 18.0 Å². The number of likely N-dealkylation sites (tertiary alicyclic amines) is 1. The molecule has 46 heavy (non-hydrogen) atoms. The van der Waals surface area contributed by atoms with Crippen LogP contribution in [0, 0.1) is 39.9 Å². The summed E-state index contributed by atoms with van der Waals surface area (Å²) in [5.41, 5.74) is 6.06. The number of hydrogen-bond donors (Lipinski definition) is 0. The van der Waals surface area contributed by atoms with E-state index in [0.29, 0.717) is 17.4 Å². The highest BCUT2D eigenvalue weighted by Gasteiger charge is 2.45. The quantitative estimate of drug-likeness (QED) is 0.289. The van der Waals surface area contributed by atoms with Crippen LogP contribution in [-0.2, 0) is 22.4 Å². The van der Waals surface area contributed by atoms with Crippen molar-refractivity contribution in [2.24, 2.45) is 10.8 Å². The maximum Gasteiger partial charge on any atom is 0.179 e. The van der Waals surface area contributed by atoms with E-state index in [9.17, 15) is 14.9 Å². The van der Waals surface area contributed by atoms with Crippen LogP contribution >= 0.6 is 24.0 Å². The molecule has 9 heteroatoms. The van der Waals surface area contributed by atoms with E-state index in [4.69, 9.17) is 16.9 Å². The zero-order valence-electron chi connectivity index (χ0n) is 26.2. The summed E-state index contributed by atoms with van der Waals surface area (Å²) in [4.78, 5) is 34.0. The molecule has 3 heterocycles. The molecule has 2 aromatic heterocycles. The summed E-state index contributed by atoms with van der Waals surface area (Å²) < 4.78 is 0. The Bertz CT molecular complexity index is 1620. The van der Waals surface area contributed by atoms with E-state index in [-0.39, 0.29) is 41.0 Å². The van der Waals surface area contributed by atoms with Gasteiger partial charge in [-0.05, 0) is 92.9 Å². The highest BCUT2D eigenvalue weighted by atomic mass is 35.5. The van der Waals surface area contributed by atoms with Crippen LogP contribution in [0.25, 0.3) is 10.7 Å². The summed E-state index contributed by atoms with van der Waals surface area (Å²) >= 11 is 5.92. The number of piperidine rings is 1. The number of Topliss-reactive ketones (excluding diaryl/α,β-unsaturated/α-hetero) is 2. The summed E-state index contributed by atoms with van der Waals surface area (Å²) in [6.07, 6.45) is 26.6. The number of rotatable bonds is 1. The van der Waals surface area contributed by atoms with Gasteiger partial charge in [-0.3, -0.25) is 19.6 Å². The standard InChI is InChI=1S/C18H19N3O.C10H5ClN2O.C9H15.ClH/c19-11-15-16(22)10-13-12-20-7-2-14(13)17(15)21-8-5-18(6-9-21)3-1-4-18;11-10-7-1-2-13-5-6(7)3-9(14)8(10)4-12;1-2-5-9(6-3-1)7-4-8-9;/h2,7,12H,1,3-6,8-10H2;1-2,5H,3H2;5H,1-4,6-8H2;1H/q;;+1;. The number of halogens is 2. The van der Waals surface area contributed by atoms with E-state index in [0.717, 1.165) is 46.5 Å². The number of nitrogens with zero attached hydrogens (tertiary/aromatic N) is 5. The van der Waals surface area contributed by atoms with Crippen LogP contribution in [0.3, 0.4) is 0 Å². The maximum absolute atomic E-state index is 12.3. The molecule has 6 aliphatic rings. The number of carbonyl (C=O) groups excluding carboxylic acids is 2. The van der Waals surface area contributed by atoms with Crippen LogP contribution in [-0.4, -0.2) is 39.5 Å². The van der Waals surface area contributed by atoms with Crippen molar-refractivity contribution in [3.8, 4) is 12.1 Å². The third-order valence-electron chi connectivity index (χ3n) is 10.8. The fourth-order valence-electron chi connectivity index (χ4n) is 7.78. The molecule has 1 saturated heterocycles. The molecular weight excluding hydrogens is 617 g/mol. The Balaban J connectivity index is 0.000000148. The summed E-state index contributed by atoms with van der Waals surface area (Å²) in [6, 6.07) is 7.64. The van der Waals surface area contributed by atoms with Crippen LogP contribution in [0.4, 0.5) is 0 Å². The smallest absolute Gasteiger partial charge is 0.179 e. The second-order valence-corrected chi connectivity index (χ2v) is 13.8. The first-order valence-corrected chi connectivity index (χ1v) is 16.7. The summed E-state index contributed by atoms with van der Waals surface area (Å²) in [7, 11) is 0. The number of pyridine rings is 2. The first-order valence-electron chi connectivity index (χ1n) is 16.3. The van der Waals surface area contributed by atoms with Crippen molar-refractivity contribution < 1.29 is 9.59 Å². The van der Waals surface area contributed by atoms with Crippen molar-refractivity contribution in [3.63, 3.8) is 0 Å². The third kappa shape index (κ3) is 6.73. The number of ketones is 2. The average Bonchev–Trinajstić information content (AvgIpc) is 3.04. The van der Waals surface area contributed by atoms with Gasteiger partial charge in [0.15, 0.2) is 11.6 Å². The Hall–Kier alpha value is -3.65. The van der Waals surface area contributed by atoms with Crippen molar-refractivity contribution in [2.75, 3.05) is 13.1 Å². The number of hydrogen-bond acceptors (Lipinski definition) is 7. The van der Waals surface area contributed by atoms with E-state index < -0.39 is 0 Å². The molecule has 3 saturated carbocycles. The third-order valence-corrected chi connectivity index (χ3v) is 11.2. The lowest BCUT2D eigenvalue weighted by atomic mass is 9.61. The molecule has 0 bridgehead atoms. The molecule has 238 valence electrons. The lowest BCUT2D eigenvalue weighted by Gasteiger charge is -2.49. The average molecular weight is 658 g/mol. The number of allylic oxidation sites excluding steroid dienone is 2. The number of nitriles is 2. The molecular formula is C37H40Cl2N5O2+. The largest absolute Gasteiger partial charge is 0.370 e. The predicted octanol–water partition coefficient (Wildman–Crippen LogP) is 7.74. The first-order chi connectivity index (χ1) is 21.9. The minimum atomic E-state index is -0.238. The van der Waals surface area contributed by atoms with Gasteiger partial charge >= 0.3 is 0 Å². The lowest BCUT2D eigenvalue weighted by molar-refractivity contribution is -0.115. The van der Waals surface area contributed by atoms with E-state index in [1.54, 1.807) is 30.9 Å². The van der Waals surface area contributed by atoms with Crippen molar-refractivity contribution >= 4 is 46.3 Å². The molecule has 0 N–H and O–H groups in total. The van der Waals surface area contributed by atoms with Crippen LogP contribution < -0.4 is 0 Å². The Kier molecular flexibility index (Phi) is 10.6. The van der Waals surface area contributed by atoms with E-state index in [2.05, 4.69) is 27.4 Å². The Morgan fingerprint density at radius 3 is 1.83 bits per heavy atom. The lowest BCUT2D eigenvalue weighted by Crippen LogP contribution is -2.43. The van der Waals surface area contributed by atoms with Gasteiger partial charge in [0.2, 0.25) is 0 Å². The van der Waals surface area contributed by atoms with Crippen molar-refractivity contribution in [3.05, 3.63) is 76.7 Å². The van der Waals surface area contributed by atoms with Gasteiger partial charge in [0.05, 0.1) is 23.6 Å². The van der Waals surface area contributed by atoms with Crippen molar-refractivity contribution in [2.45, 2.75) is 89.9 Å². The normalized spacial score (nSPS) is 21.7. The van der Waals surface area contributed by atoms with E-state index >= 15 is 0 Å². The second kappa shape index (κ2) is 14.4. The SMILES string of the molecule is Cl.N#CC1=C(Cl)c2ccncc2CC1=O.N#CC1=C(N2CCC3(CCC3)CC2)c2ccncc2CC1=O.[CH+]1CCCCC12CCC2. The molecule has 7 nitrogen and oxygen atoms in total. The Labute approximate surface area is 283 Å². The molecule has 1 aliphatic heterocycles. The molecule has 8 rings (SSSR count). The van der Waals surface area contributed by atoms with Gasteiger partial charge in [-0.15, -0.1) is 12.4 Å². The number of aromatic nitrogens is 2. The molecule has 2 aromatic rings. The molecule has 0 radical (unpaired) electrons. The molecule has 4 fully saturated rings. The maximum atomic E-state index is 12.3. The van der Waals surface area contributed by atoms with Crippen LogP contribution in [0.2, 0.25) is 0 Å². The predicted molar refractivity (Wildman–Crippen MR) is 180 cm³/mol. The van der Waals surface area contributed by atoms with Gasteiger partial charge in [-0.2, -0.15) is 10.5 Å². The first kappa shape index (κ1) is 33.7. The molecule has 0 amide bonds. The highest BCUT2D eigenvalue weighted by molar-refractivity contribution is 6.52. The zero-order valence-corrected chi connectivity index (χ0v) is 27.8. The van der Waals surface area contributed by atoms with Gasteiger partial charge in [0.25, 0.3) is 0 Å². The summed E-state index contributed by atoms with van der Waals surface area (Å²) in [5.74, 6) is -0.306. The van der Waals surface area contributed by atoms with Crippen molar-refractivity contribution in [1.82, 2.24) is 14.9 Å². The fraction of sp³-hybridized carbons (Fsp3) is 0.486. The monoisotopic (exact) mass is 656 g/mol. The number of fused-ring (bicyclic) bond motifs is 2. The molecule has 0 aromatic carbocycles. The Morgan fingerprint density at radius 2 is 1.33 bits per heavy atom. The van der Waals surface area contributed by atoms with Crippen LogP contribution in [0.5, 0.6) is 0 Å². The molecule has 2 spiro atoms. The Morgan fingerprint density at radius 1 is 0.761 bits per heavy atom. The summed E-state index contributed by atoms with van der Waals surface area (Å²) in [6.45, 7) is 1.91. The van der Waals surface area contributed by atoms with Crippen LogP contribution in [0.15, 0.2) is 48.1 Å². The minimum Gasteiger partial charge on any atom is -0.370 e. The topological polar surface area (TPSA) is 111 Å². The van der Waals surface area contributed by atoms with Gasteiger partial charge in [0.1, 0.15) is 28.7 Å². The van der Waals surface area contributed by atoms with E-state index in [1.165, 1.54) is 77.0 Å². The zero-order chi connectivity index (χ0) is 31.4.